The lowest BCUT2D eigenvalue weighted by Gasteiger charge is -2.16. The minimum Gasteiger partial charge on any atom is -0.368 e. The molecule has 2 aromatic heterocycles. The number of hydrogen-bond acceptors (Lipinski definition) is 7. The van der Waals surface area contributed by atoms with Gasteiger partial charge in [0.25, 0.3) is 0 Å². The quantitative estimate of drug-likeness (QED) is 0.739. The molecule has 0 aromatic carbocycles. The van der Waals surface area contributed by atoms with E-state index in [0.29, 0.717) is 5.95 Å². The van der Waals surface area contributed by atoms with Crippen molar-refractivity contribution in [2.75, 3.05) is 23.4 Å². The van der Waals surface area contributed by atoms with Gasteiger partial charge in [-0.2, -0.15) is 15.0 Å². The minimum atomic E-state index is 0.0956. The summed E-state index contributed by atoms with van der Waals surface area (Å²) in [7, 11) is 1.80. The summed E-state index contributed by atoms with van der Waals surface area (Å²) in [6, 6.07) is 3.70. The van der Waals surface area contributed by atoms with E-state index in [1.165, 1.54) is 0 Å². The maximum Gasteiger partial charge on any atom is 0.236 e. The van der Waals surface area contributed by atoms with Crippen LogP contribution in [0.3, 0.4) is 0 Å². The first-order valence-electron chi connectivity index (χ1n) is 4.57. The van der Waals surface area contributed by atoms with E-state index in [4.69, 9.17) is 11.5 Å². The second-order valence-corrected chi connectivity index (χ2v) is 3.12. The van der Waals surface area contributed by atoms with E-state index in [-0.39, 0.29) is 11.9 Å². The van der Waals surface area contributed by atoms with Crippen LogP contribution in [0.15, 0.2) is 24.5 Å². The van der Waals surface area contributed by atoms with Crippen LogP contribution in [0.5, 0.6) is 0 Å². The van der Waals surface area contributed by atoms with Gasteiger partial charge in [0.1, 0.15) is 0 Å². The van der Waals surface area contributed by atoms with Gasteiger partial charge in [0.15, 0.2) is 0 Å². The largest absolute Gasteiger partial charge is 0.368 e. The fourth-order valence-corrected chi connectivity index (χ4v) is 1.21. The van der Waals surface area contributed by atoms with Crippen molar-refractivity contribution in [3.63, 3.8) is 0 Å². The zero-order valence-electron chi connectivity index (χ0n) is 8.70. The van der Waals surface area contributed by atoms with Crippen LogP contribution in [0, 0.1) is 0 Å². The Kier molecular flexibility index (Phi) is 2.50. The maximum absolute atomic E-state index is 5.49. The number of rotatable bonds is 2. The van der Waals surface area contributed by atoms with Crippen molar-refractivity contribution in [1.29, 1.82) is 0 Å². The third-order valence-electron chi connectivity index (χ3n) is 1.99. The van der Waals surface area contributed by atoms with E-state index >= 15 is 0 Å². The predicted molar refractivity (Wildman–Crippen MR) is 61.0 cm³/mol. The maximum atomic E-state index is 5.49. The molecule has 2 heterocycles. The van der Waals surface area contributed by atoms with E-state index in [2.05, 4.69) is 19.9 Å². The van der Waals surface area contributed by atoms with Gasteiger partial charge >= 0.3 is 0 Å². The second-order valence-electron chi connectivity index (χ2n) is 3.12. The van der Waals surface area contributed by atoms with Gasteiger partial charge in [0.2, 0.25) is 17.8 Å². The van der Waals surface area contributed by atoms with Crippen molar-refractivity contribution in [2.45, 2.75) is 0 Å². The van der Waals surface area contributed by atoms with Gasteiger partial charge < -0.3 is 16.4 Å². The lowest BCUT2D eigenvalue weighted by Crippen LogP contribution is -2.16. The summed E-state index contributed by atoms with van der Waals surface area (Å²) in [5.74, 6) is 0.578. The summed E-state index contributed by atoms with van der Waals surface area (Å²) < 4.78 is 0. The molecule has 16 heavy (non-hydrogen) atoms. The lowest BCUT2D eigenvalue weighted by atomic mass is 10.4. The molecule has 0 bridgehead atoms. The molecule has 82 valence electrons. The Balaban J connectivity index is 2.37. The number of nitrogen functional groups attached to an aromatic ring is 2. The van der Waals surface area contributed by atoms with Crippen LogP contribution in [0.2, 0.25) is 0 Å². The molecule has 4 N–H and O–H groups in total. The van der Waals surface area contributed by atoms with Gasteiger partial charge in [-0.05, 0) is 12.1 Å². The average Bonchev–Trinajstić information content (AvgIpc) is 2.28. The number of aromatic nitrogens is 4. The Morgan fingerprint density at radius 2 is 1.81 bits per heavy atom. The van der Waals surface area contributed by atoms with Crippen LogP contribution in [0.1, 0.15) is 0 Å². The van der Waals surface area contributed by atoms with E-state index in [0.717, 1.165) is 5.69 Å². The molecule has 0 aliphatic rings. The molecule has 0 atom stereocenters. The Labute approximate surface area is 92.2 Å². The first-order valence-corrected chi connectivity index (χ1v) is 4.57. The van der Waals surface area contributed by atoms with Gasteiger partial charge in [-0.15, -0.1) is 0 Å². The predicted octanol–water partition coefficient (Wildman–Crippen LogP) is 0.199. The van der Waals surface area contributed by atoms with Crippen molar-refractivity contribution in [2.24, 2.45) is 0 Å². The highest BCUT2D eigenvalue weighted by Crippen LogP contribution is 2.18. The van der Waals surface area contributed by atoms with Gasteiger partial charge in [-0.3, -0.25) is 4.98 Å². The molecule has 7 nitrogen and oxygen atoms in total. The summed E-state index contributed by atoms with van der Waals surface area (Å²) in [5.41, 5.74) is 11.8. The standard InChI is InChI=1S/C9H11N7/c1-16(6-3-2-4-12-5-6)9-14-7(10)13-8(11)15-9/h2-5H,1H3,(H4,10,11,13,14,15). The Morgan fingerprint density at radius 3 is 2.38 bits per heavy atom. The molecule has 0 radical (unpaired) electrons. The fraction of sp³-hybridized carbons (Fsp3) is 0.111. The van der Waals surface area contributed by atoms with E-state index < -0.39 is 0 Å². The number of nitrogens with zero attached hydrogens (tertiary/aromatic N) is 5. The van der Waals surface area contributed by atoms with Crippen LogP contribution < -0.4 is 16.4 Å². The summed E-state index contributed by atoms with van der Waals surface area (Å²) in [6.07, 6.45) is 3.38. The van der Waals surface area contributed by atoms with Gasteiger partial charge in [0, 0.05) is 13.2 Å². The van der Waals surface area contributed by atoms with Crippen LogP contribution in [0.4, 0.5) is 23.5 Å². The van der Waals surface area contributed by atoms with Crippen molar-refractivity contribution in [3.05, 3.63) is 24.5 Å². The second kappa shape index (κ2) is 3.97. The monoisotopic (exact) mass is 217 g/mol. The lowest BCUT2D eigenvalue weighted by molar-refractivity contribution is 1.00. The van der Waals surface area contributed by atoms with E-state index in [1.54, 1.807) is 24.3 Å². The van der Waals surface area contributed by atoms with Crippen molar-refractivity contribution in [1.82, 2.24) is 19.9 Å². The fourth-order valence-electron chi connectivity index (χ4n) is 1.21. The summed E-state index contributed by atoms with van der Waals surface area (Å²) in [4.78, 5) is 17.4. The Morgan fingerprint density at radius 1 is 1.12 bits per heavy atom. The minimum absolute atomic E-state index is 0.0956. The summed E-state index contributed by atoms with van der Waals surface area (Å²) in [6.45, 7) is 0. The van der Waals surface area contributed by atoms with Gasteiger partial charge in [-0.25, -0.2) is 0 Å². The van der Waals surface area contributed by atoms with Crippen molar-refractivity contribution >= 4 is 23.5 Å². The average molecular weight is 217 g/mol. The van der Waals surface area contributed by atoms with Crippen LogP contribution in [-0.4, -0.2) is 27.0 Å². The molecule has 0 unspecified atom stereocenters. The molecule has 7 heteroatoms. The highest BCUT2D eigenvalue weighted by atomic mass is 15.3. The van der Waals surface area contributed by atoms with Gasteiger partial charge in [-0.1, -0.05) is 0 Å². The van der Waals surface area contributed by atoms with E-state index in [9.17, 15) is 0 Å². The van der Waals surface area contributed by atoms with E-state index in [1.807, 2.05) is 12.1 Å². The molecule has 0 amide bonds. The molecule has 0 saturated carbocycles. The third-order valence-corrected chi connectivity index (χ3v) is 1.99. The molecular weight excluding hydrogens is 206 g/mol. The molecular formula is C9H11N7. The summed E-state index contributed by atoms with van der Waals surface area (Å²) in [5, 5.41) is 0. The van der Waals surface area contributed by atoms with Crippen LogP contribution >= 0.6 is 0 Å². The number of anilines is 4. The number of nitrogens with two attached hydrogens (primary N) is 2. The Hall–Kier alpha value is -2.44. The highest BCUT2D eigenvalue weighted by molar-refractivity contribution is 5.56. The normalized spacial score (nSPS) is 10.1. The molecule has 0 fully saturated rings. The smallest absolute Gasteiger partial charge is 0.236 e. The molecule has 2 aromatic rings. The van der Waals surface area contributed by atoms with Crippen LogP contribution in [-0.2, 0) is 0 Å². The Bertz CT molecular complexity index is 464. The molecule has 0 saturated heterocycles. The highest BCUT2D eigenvalue weighted by Gasteiger charge is 2.09. The van der Waals surface area contributed by atoms with Crippen LogP contribution in [0.25, 0.3) is 0 Å². The zero-order valence-corrected chi connectivity index (χ0v) is 8.70. The van der Waals surface area contributed by atoms with Gasteiger partial charge in [0.05, 0.1) is 11.9 Å². The molecule has 0 aliphatic heterocycles. The zero-order chi connectivity index (χ0) is 11.5. The first-order chi connectivity index (χ1) is 7.66. The molecule has 0 spiro atoms. The topological polar surface area (TPSA) is 107 Å². The van der Waals surface area contributed by atoms with Crippen molar-refractivity contribution < 1.29 is 0 Å². The first kappa shape index (κ1) is 10.1. The van der Waals surface area contributed by atoms with Crippen molar-refractivity contribution in [3.8, 4) is 0 Å². The number of hydrogen-bond donors (Lipinski definition) is 2. The summed E-state index contributed by atoms with van der Waals surface area (Å²) >= 11 is 0. The number of pyridine rings is 1. The third kappa shape index (κ3) is 1.97. The molecule has 0 aliphatic carbocycles. The molecule has 2 rings (SSSR count). The SMILES string of the molecule is CN(c1cccnc1)c1nc(N)nc(N)n1.